The predicted octanol–water partition coefficient (Wildman–Crippen LogP) is 3.14. The summed E-state index contributed by atoms with van der Waals surface area (Å²) in [5.74, 6) is 0.317. The molecular formula is C14H13ClN2OS. The number of hydrogen-bond acceptors (Lipinski definition) is 3. The van der Waals surface area contributed by atoms with E-state index in [0.29, 0.717) is 17.3 Å². The minimum Gasteiger partial charge on any atom is -0.351 e. The monoisotopic (exact) mass is 292 g/mol. The molecule has 0 unspecified atom stereocenters. The van der Waals surface area contributed by atoms with Gasteiger partial charge in [-0.25, -0.2) is 4.98 Å². The second-order valence-electron chi connectivity index (χ2n) is 3.82. The second kappa shape index (κ2) is 7.16. The molecule has 98 valence electrons. The molecule has 19 heavy (non-hydrogen) atoms. The zero-order chi connectivity index (χ0) is 13.5. The number of aromatic nitrogens is 1. The van der Waals surface area contributed by atoms with E-state index in [0.717, 1.165) is 10.6 Å². The van der Waals surface area contributed by atoms with Crippen LogP contribution in [0.2, 0.25) is 5.02 Å². The first-order valence-corrected chi connectivity index (χ1v) is 7.16. The SMILES string of the molecule is O=C(CSc1ccccn1)NCc1ccccc1Cl. The Balaban J connectivity index is 1.78. The van der Waals surface area contributed by atoms with E-state index >= 15 is 0 Å². The molecular weight excluding hydrogens is 280 g/mol. The maximum absolute atomic E-state index is 11.7. The van der Waals surface area contributed by atoms with Crippen molar-refractivity contribution in [3.63, 3.8) is 0 Å². The molecule has 0 fully saturated rings. The molecule has 0 aliphatic heterocycles. The average molecular weight is 293 g/mol. The Bertz CT molecular complexity index is 548. The zero-order valence-electron chi connectivity index (χ0n) is 10.2. The molecule has 5 heteroatoms. The molecule has 1 N–H and O–H groups in total. The number of carbonyl (C=O) groups excluding carboxylic acids is 1. The highest BCUT2D eigenvalue weighted by Crippen LogP contribution is 2.15. The lowest BCUT2D eigenvalue weighted by atomic mass is 10.2. The summed E-state index contributed by atoms with van der Waals surface area (Å²) in [6, 6.07) is 13.1. The number of halogens is 1. The maximum atomic E-state index is 11.7. The molecule has 0 saturated heterocycles. The summed E-state index contributed by atoms with van der Waals surface area (Å²) in [6.45, 7) is 0.446. The minimum absolute atomic E-state index is 0.0319. The van der Waals surface area contributed by atoms with Crippen molar-refractivity contribution in [1.82, 2.24) is 10.3 Å². The van der Waals surface area contributed by atoms with Crippen LogP contribution < -0.4 is 5.32 Å². The van der Waals surface area contributed by atoms with Crippen LogP contribution in [0, 0.1) is 0 Å². The number of nitrogens with one attached hydrogen (secondary N) is 1. The van der Waals surface area contributed by atoms with E-state index in [4.69, 9.17) is 11.6 Å². The van der Waals surface area contributed by atoms with Crippen molar-refractivity contribution in [2.75, 3.05) is 5.75 Å². The molecule has 1 heterocycles. The first kappa shape index (κ1) is 13.9. The van der Waals surface area contributed by atoms with Crippen molar-refractivity contribution in [1.29, 1.82) is 0 Å². The zero-order valence-corrected chi connectivity index (χ0v) is 11.7. The topological polar surface area (TPSA) is 42.0 Å². The van der Waals surface area contributed by atoms with Gasteiger partial charge in [-0.3, -0.25) is 4.79 Å². The molecule has 0 aliphatic carbocycles. The Morgan fingerprint density at radius 3 is 2.74 bits per heavy atom. The molecule has 2 aromatic rings. The second-order valence-corrected chi connectivity index (χ2v) is 5.23. The first-order valence-electron chi connectivity index (χ1n) is 5.79. The summed E-state index contributed by atoms with van der Waals surface area (Å²) < 4.78 is 0. The number of nitrogens with zero attached hydrogens (tertiary/aromatic N) is 1. The summed E-state index contributed by atoms with van der Waals surface area (Å²) in [4.78, 5) is 15.8. The van der Waals surface area contributed by atoms with Crippen molar-refractivity contribution in [2.45, 2.75) is 11.6 Å². The van der Waals surface area contributed by atoms with Crippen LogP contribution in [-0.2, 0) is 11.3 Å². The van der Waals surface area contributed by atoms with Gasteiger partial charge >= 0.3 is 0 Å². The van der Waals surface area contributed by atoms with Gasteiger partial charge in [0.05, 0.1) is 10.8 Å². The average Bonchev–Trinajstić information content (AvgIpc) is 2.45. The lowest BCUT2D eigenvalue weighted by Gasteiger charge is -2.06. The minimum atomic E-state index is -0.0319. The number of hydrogen-bond donors (Lipinski definition) is 1. The summed E-state index contributed by atoms with van der Waals surface area (Å²) in [5.41, 5.74) is 0.917. The van der Waals surface area contributed by atoms with Gasteiger partial charge in [-0.15, -0.1) is 0 Å². The lowest BCUT2D eigenvalue weighted by Crippen LogP contribution is -2.24. The number of pyridine rings is 1. The van der Waals surface area contributed by atoms with Crippen molar-refractivity contribution in [2.24, 2.45) is 0 Å². The molecule has 0 radical (unpaired) electrons. The largest absolute Gasteiger partial charge is 0.351 e. The van der Waals surface area contributed by atoms with Crippen LogP contribution >= 0.6 is 23.4 Å². The predicted molar refractivity (Wildman–Crippen MR) is 78.3 cm³/mol. The molecule has 1 amide bonds. The summed E-state index contributed by atoms with van der Waals surface area (Å²) in [6.07, 6.45) is 1.71. The summed E-state index contributed by atoms with van der Waals surface area (Å²) in [7, 11) is 0. The number of rotatable bonds is 5. The highest BCUT2D eigenvalue weighted by Gasteiger charge is 2.04. The van der Waals surface area contributed by atoms with Crippen LogP contribution in [0.5, 0.6) is 0 Å². The van der Waals surface area contributed by atoms with Crippen molar-refractivity contribution in [3.05, 3.63) is 59.2 Å². The van der Waals surface area contributed by atoms with Crippen molar-refractivity contribution in [3.8, 4) is 0 Å². The molecule has 1 aromatic carbocycles. The van der Waals surface area contributed by atoms with Crippen LogP contribution in [0.4, 0.5) is 0 Å². The van der Waals surface area contributed by atoms with E-state index in [2.05, 4.69) is 10.3 Å². The normalized spacial score (nSPS) is 10.2. The third kappa shape index (κ3) is 4.58. The van der Waals surface area contributed by atoms with E-state index in [1.54, 1.807) is 6.20 Å². The highest BCUT2D eigenvalue weighted by molar-refractivity contribution is 7.99. The fourth-order valence-corrected chi connectivity index (χ4v) is 2.35. The first-order chi connectivity index (χ1) is 9.25. The standard InChI is InChI=1S/C14H13ClN2OS/c15-12-6-2-1-5-11(12)9-17-13(18)10-19-14-7-3-4-8-16-14/h1-8H,9-10H2,(H,17,18). The Morgan fingerprint density at radius 2 is 2.00 bits per heavy atom. The number of benzene rings is 1. The van der Waals surface area contributed by atoms with E-state index in [9.17, 15) is 4.79 Å². The molecule has 0 spiro atoms. The molecule has 0 saturated carbocycles. The van der Waals surface area contributed by atoms with Crippen molar-refractivity contribution < 1.29 is 4.79 Å². The summed E-state index contributed by atoms with van der Waals surface area (Å²) >= 11 is 7.43. The van der Waals surface area contributed by atoms with Gasteiger partial charge in [0.2, 0.25) is 5.91 Å². The van der Waals surface area contributed by atoms with Gasteiger partial charge in [0.25, 0.3) is 0 Å². The van der Waals surface area contributed by atoms with Gasteiger partial charge in [0.15, 0.2) is 0 Å². The third-order valence-electron chi connectivity index (χ3n) is 2.42. The van der Waals surface area contributed by atoms with E-state index in [-0.39, 0.29) is 5.91 Å². The van der Waals surface area contributed by atoms with Gasteiger partial charge in [-0.05, 0) is 23.8 Å². The lowest BCUT2D eigenvalue weighted by molar-refractivity contribution is -0.118. The third-order valence-corrected chi connectivity index (χ3v) is 3.74. The Kier molecular flexibility index (Phi) is 5.24. The van der Waals surface area contributed by atoms with Crippen LogP contribution in [0.25, 0.3) is 0 Å². The summed E-state index contributed by atoms with van der Waals surface area (Å²) in [5, 5.41) is 4.35. The quantitative estimate of drug-likeness (QED) is 0.861. The van der Waals surface area contributed by atoms with Crippen LogP contribution in [0.3, 0.4) is 0 Å². The molecule has 2 rings (SSSR count). The smallest absolute Gasteiger partial charge is 0.230 e. The van der Waals surface area contributed by atoms with Gasteiger partial charge in [0, 0.05) is 17.8 Å². The number of amides is 1. The Hall–Kier alpha value is -1.52. The van der Waals surface area contributed by atoms with Crippen LogP contribution in [0.15, 0.2) is 53.7 Å². The Morgan fingerprint density at radius 1 is 1.21 bits per heavy atom. The number of carbonyl (C=O) groups is 1. The van der Waals surface area contributed by atoms with E-state index in [1.807, 2.05) is 42.5 Å². The molecule has 3 nitrogen and oxygen atoms in total. The molecule has 0 bridgehead atoms. The maximum Gasteiger partial charge on any atom is 0.230 e. The van der Waals surface area contributed by atoms with Crippen LogP contribution in [-0.4, -0.2) is 16.6 Å². The van der Waals surface area contributed by atoms with E-state index in [1.165, 1.54) is 11.8 Å². The van der Waals surface area contributed by atoms with Crippen molar-refractivity contribution >= 4 is 29.3 Å². The van der Waals surface area contributed by atoms with Gasteiger partial charge < -0.3 is 5.32 Å². The molecule has 0 aliphatic rings. The highest BCUT2D eigenvalue weighted by atomic mass is 35.5. The van der Waals surface area contributed by atoms with Crippen LogP contribution in [0.1, 0.15) is 5.56 Å². The van der Waals surface area contributed by atoms with Gasteiger partial charge in [-0.1, -0.05) is 47.6 Å². The fraction of sp³-hybridized carbons (Fsp3) is 0.143. The van der Waals surface area contributed by atoms with E-state index < -0.39 is 0 Å². The molecule has 1 aromatic heterocycles. The number of thioether (sulfide) groups is 1. The Labute approximate surface area is 121 Å². The van der Waals surface area contributed by atoms with Gasteiger partial charge in [0.1, 0.15) is 0 Å². The fourth-order valence-electron chi connectivity index (χ4n) is 1.46. The molecule has 0 atom stereocenters. The van der Waals surface area contributed by atoms with Gasteiger partial charge in [-0.2, -0.15) is 0 Å².